The molecule has 0 spiro atoms. The number of nitrogens with one attached hydrogen (secondary N) is 1. The fourth-order valence-corrected chi connectivity index (χ4v) is 1.41. The fourth-order valence-electron chi connectivity index (χ4n) is 1.41. The molecule has 2 heterocycles. The SMILES string of the molecule is Cc1ccc([C@@H]2COCC(=O)N2)cn1. The smallest absolute Gasteiger partial charge is 0.246 e. The summed E-state index contributed by atoms with van der Waals surface area (Å²) < 4.78 is 5.14. The summed E-state index contributed by atoms with van der Waals surface area (Å²) in [4.78, 5) is 15.2. The van der Waals surface area contributed by atoms with Gasteiger partial charge < -0.3 is 10.1 Å². The predicted molar refractivity (Wildman–Crippen MR) is 50.7 cm³/mol. The van der Waals surface area contributed by atoms with Gasteiger partial charge in [-0.3, -0.25) is 9.78 Å². The molecule has 0 unspecified atom stereocenters. The Morgan fingerprint density at radius 1 is 1.57 bits per heavy atom. The standard InChI is InChI=1S/C10H12N2O2/c1-7-2-3-8(4-11-7)9-5-14-6-10(13)12-9/h2-4,9H,5-6H2,1H3,(H,12,13)/t9-/m0/s1. The molecule has 1 aromatic rings. The van der Waals surface area contributed by atoms with Crippen LogP contribution in [-0.2, 0) is 9.53 Å². The highest BCUT2D eigenvalue weighted by atomic mass is 16.5. The molecule has 2 rings (SSSR count). The van der Waals surface area contributed by atoms with Gasteiger partial charge in [-0.1, -0.05) is 6.07 Å². The van der Waals surface area contributed by atoms with Crippen molar-refractivity contribution in [3.05, 3.63) is 29.6 Å². The van der Waals surface area contributed by atoms with Gasteiger partial charge >= 0.3 is 0 Å². The fraction of sp³-hybridized carbons (Fsp3) is 0.400. The van der Waals surface area contributed by atoms with Crippen LogP contribution in [0.2, 0.25) is 0 Å². The summed E-state index contributed by atoms with van der Waals surface area (Å²) in [5, 5.41) is 2.85. The zero-order valence-corrected chi connectivity index (χ0v) is 7.99. The van der Waals surface area contributed by atoms with Crippen molar-refractivity contribution in [2.75, 3.05) is 13.2 Å². The minimum Gasteiger partial charge on any atom is -0.369 e. The van der Waals surface area contributed by atoms with E-state index < -0.39 is 0 Å². The first-order chi connectivity index (χ1) is 6.75. The highest BCUT2D eigenvalue weighted by Crippen LogP contribution is 2.14. The van der Waals surface area contributed by atoms with E-state index in [1.54, 1.807) is 6.20 Å². The third-order valence-corrected chi connectivity index (χ3v) is 2.19. The Morgan fingerprint density at radius 3 is 3.07 bits per heavy atom. The molecule has 0 aliphatic carbocycles. The average Bonchev–Trinajstić information content (AvgIpc) is 2.19. The molecule has 1 N–H and O–H groups in total. The van der Waals surface area contributed by atoms with Crippen LogP contribution in [0.4, 0.5) is 0 Å². The molecule has 0 radical (unpaired) electrons. The van der Waals surface area contributed by atoms with E-state index in [4.69, 9.17) is 4.74 Å². The maximum atomic E-state index is 11.1. The monoisotopic (exact) mass is 192 g/mol. The molecule has 4 heteroatoms. The number of hydrogen-bond acceptors (Lipinski definition) is 3. The topological polar surface area (TPSA) is 51.2 Å². The summed E-state index contributed by atoms with van der Waals surface area (Å²) >= 11 is 0. The lowest BCUT2D eigenvalue weighted by atomic mass is 10.1. The quantitative estimate of drug-likeness (QED) is 0.708. The third kappa shape index (κ3) is 1.90. The van der Waals surface area contributed by atoms with E-state index in [1.807, 2.05) is 19.1 Å². The molecule has 1 fully saturated rings. The number of carbonyl (C=O) groups excluding carboxylic acids is 1. The van der Waals surface area contributed by atoms with Crippen LogP contribution in [-0.4, -0.2) is 24.1 Å². The number of ether oxygens (including phenoxy) is 1. The Morgan fingerprint density at radius 2 is 2.43 bits per heavy atom. The summed E-state index contributed by atoms with van der Waals surface area (Å²) in [6.07, 6.45) is 1.77. The van der Waals surface area contributed by atoms with Crippen molar-refractivity contribution in [3.63, 3.8) is 0 Å². The maximum Gasteiger partial charge on any atom is 0.246 e. The van der Waals surface area contributed by atoms with Crippen molar-refractivity contribution >= 4 is 5.91 Å². The van der Waals surface area contributed by atoms with Gasteiger partial charge in [0, 0.05) is 11.9 Å². The van der Waals surface area contributed by atoms with E-state index in [1.165, 1.54) is 0 Å². The Labute approximate surface area is 82.3 Å². The van der Waals surface area contributed by atoms with E-state index >= 15 is 0 Å². The summed E-state index contributed by atoms with van der Waals surface area (Å²) in [6.45, 7) is 2.62. The van der Waals surface area contributed by atoms with Crippen LogP contribution in [0.25, 0.3) is 0 Å². The van der Waals surface area contributed by atoms with Gasteiger partial charge in [-0.2, -0.15) is 0 Å². The Hall–Kier alpha value is -1.42. The lowest BCUT2D eigenvalue weighted by Crippen LogP contribution is -2.39. The number of hydrogen-bond donors (Lipinski definition) is 1. The summed E-state index contributed by atoms with van der Waals surface area (Å²) in [5.41, 5.74) is 1.96. The molecular weight excluding hydrogens is 180 g/mol. The number of aryl methyl sites for hydroxylation is 1. The van der Waals surface area contributed by atoms with Gasteiger partial charge in [-0.25, -0.2) is 0 Å². The van der Waals surface area contributed by atoms with Crippen molar-refractivity contribution < 1.29 is 9.53 Å². The molecule has 1 saturated heterocycles. The summed E-state index contributed by atoms with van der Waals surface area (Å²) in [7, 11) is 0. The minimum atomic E-state index is -0.0678. The molecule has 14 heavy (non-hydrogen) atoms. The van der Waals surface area contributed by atoms with Crippen LogP contribution in [0.3, 0.4) is 0 Å². The first kappa shape index (κ1) is 9.15. The number of carbonyl (C=O) groups is 1. The zero-order chi connectivity index (χ0) is 9.97. The molecule has 0 saturated carbocycles. The van der Waals surface area contributed by atoms with E-state index in [0.29, 0.717) is 6.61 Å². The maximum absolute atomic E-state index is 11.1. The Balaban J connectivity index is 2.14. The van der Waals surface area contributed by atoms with Gasteiger partial charge in [0.2, 0.25) is 5.91 Å². The van der Waals surface area contributed by atoms with Gasteiger partial charge in [0.15, 0.2) is 0 Å². The predicted octanol–water partition coefficient (Wildman–Crippen LogP) is 0.578. The average molecular weight is 192 g/mol. The van der Waals surface area contributed by atoms with Crippen LogP contribution in [0, 0.1) is 6.92 Å². The molecule has 74 valence electrons. The molecular formula is C10H12N2O2. The van der Waals surface area contributed by atoms with Crippen LogP contribution in [0.15, 0.2) is 18.3 Å². The number of pyridine rings is 1. The molecule has 4 nitrogen and oxygen atoms in total. The first-order valence-corrected chi connectivity index (χ1v) is 4.55. The van der Waals surface area contributed by atoms with Crippen molar-refractivity contribution in [1.82, 2.24) is 10.3 Å². The summed E-state index contributed by atoms with van der Waals surface area (Å²) in [5.74, 6) is -0.0678. The third-order valence-electron chi connectivity index (χ3n) is 2.19. The van der Waals surface area contributed by atoms with Crippen molar-refractivity contribution in [3.8, 4) is 0 Å². The number of rotatable bonds is 1. The second kappa shape index (κ2) is 3.75. The van der Waals surface area contributed by atoms with E-state index in [0.717, 1.165) is 11.3 Å². The molecule has 0 aromatic carbocycles. The second-order valence-electron chi connectivity index (χ2n) is 3.37. The van der Waals surface area contributed by atoms with Gasteiger partial charge in [-0.15, -0.1) is 0 Å². The number of morpholine rings is 1. The normalized spacial score (nSPS) is 21.8. The Kier molecular flexibility index (Phi) is 2.45. The van der Waals surface area contributed by atoms with Crippen LogP contribution in [0.5, 0.6) is 0 Å². The van der Waals surface area contributed by atoms with Gasteiger partial charge in [-0.05, 0) is 18.6 Å². The summed E-state index contributed by atoms with van der Waals surface area (Å²) in [6, 6.07) is 3.84. The van der Waals surface area contributed by atoms with Gasteiger partial charge in [0.25, 0.3) is 0 Å². The van der Waals surface area contributed by atoms with Gasteiger partial charge in [0.05, 0.1) is 12.6 Å². The van der Waals surface area contributed by atoms with E-state index in [-0.39, 0.29) is 18.6 Å². The highest BCUT2D eigenvalue weighted by molar-refractivity contribution is 5.78. The lowest BCUT2D eigenvalue weighted by Gasteiger charge is -2.23. The van der Waals surface area contributed by atoms with Crippen LogP contribution < -0.4 is 5.32 Å². The van der Waals surface area contributed by atoms with E-state index in [9.17, 15) is 4.79 Å². The van der Waals surface area contributed by atoms with Crippen LogP contribution >= 0.6 is 0 Å². The first-order valence-electron chi connectivity index (χ1n) is 4.55. The molecule has 1 aliphatic rings. The molecule has 1 aliphatic heterocycles. The minimum absolute atomic E-state index is 0.0515. The molecule has 1 atom stereocenters. The number of amides is 1. The largest absolute Gasteiger partial charge is 0.369 e. The lowest BCUT2D eigenvalue weighted by molar-refractivity contribution is -0.131. The highest BCUT2D eigenvalue weighted by Gasteiger charge is 2.19. The second-order valence-corrected chi connectivity index (χ2v) is 3.37. The number of nitrogens with zero attached hydrogens (tertiary/aromatic N) is 1. The Bertz CT molecular complexity index is 334. The molecule has 1 amide bonds. The van der Waals surface area contributed by atoms with Crippen molar-refractivity contribution in [1.29, 1.82) is 0 Å². The molecule has 1 aromatic heterocycles. The van der Waals surface area contributed by atoms with Crippen molar-refractivity contribution in [2.24, 2.45) is 0 Å². The molecule has 0 bridgehead atoms. The van der Waals surface area contributed by atoms with E-state index in [2.05, 4.69) is 10.3 Å². The zero-order valence-electron chi connectivity index (χ0n) is 7.99. The van der Waals surface area contributed by atoms with Crippen LogP contribution in [0.1, 0.15) is 17.3 Å². The van der Waals surface area contributed by atoms with Gasteiger partial charge in [0.1, 0.15) is 6.61 Å². The van der Waals surface area contributed by atoms with Crippen molar-refractivity contribution in [2.45, 2.75) is 13.0 Å². The number of aromatic nitrogens is 1.